The van der Waals surface area contributed by atoms with Gasteiger partial charge in [0.25, 0.3) is 0 Å². The third-order valence-corrected chi connectivity index (χ3v) is 3.13. The molecule has 0 bridgehead atoms. The molecule has 0 amide bonds. The van der Waals surface area contributed by atoms with E-state index in [9.17, 15) is 13.6 Å². The zero-order valence-corrected chi connectivity index (χ0v) is 13.1. The Labute approximate surface area is 137 Å². The van der Waals surface area contributed by atoms with E-state index in [1.54, 1.807) is 24.3 Å². The lowest BCUT2D eigenvalue weighted by molar-refractivity contribution is -0.0498. The first-order valence-corrected chi connectivity index (χ1v) is 6.96. The minimum atomic E-state index is -2.86. The van der Waals surface area contributed by atoms with Crippen LogP contribution in [-0.2, 0) is 11.3 Å². The average molecular weight is 338 g/mol. The van der Waals surface area contributed by atoms with E-state index in [-0.39, 0.29) is 12.4 Å². The number of rotatable bonds is 7. The molecule has 0 N–H and O–H groups in total. The van der Waals surface area contributed by atoms with Gasteiger partial charge in [0, 0.05) is 0 Å². The minimum Gasteiger partial charge on any atom is -0.493 e. The molecule has 0 aromatic heterocycles. The Kier molecular flexibility index (Phi) is 5.95. The fraction of sp³-hybridized carbons (Fsp3) is 0.235. The molecule has 2 rings (SSSR count). The van der Waals surface area contributed by atoms with E-state index < -0.39 is 12.6 Å². The van der Waals surface area contributed by atoms with E-state index in [0.29, 0.717) is 17.1 Å². The van der Waals surface area contributed by atoms with Crippen LogP contribution >= 0.6 is 0 Å². The lowest BCUT2D eigenvalue weighted by Crippen LogP contribution is -2.04. The largest absolute Gasteiger partial charge is 0.493 e. The number of carbonyl (C=O) groups excluding carboxylic acids is 1. The summed E-state index contributed by atoms with van der Waals surface area (Å²) in [7, 11) is 2.75. The van der Waals surface area contributed by atoms with Crippen LogP contribution in [0, 0.1) is 0 Å². The summed E-state index contributed by atoms with van der Waals surface area (Å²) in [4.78, 5) is 11.5. The van der Waals surface area contributed by atoms with Gasteiger partial charge in [0.1, 0.15) is 12.4 Å². The first-order valence-electron chi connectivity index (χ1n) is 6.96. The van der Waals surface area contributed by atoms with Gasteiger partial charge in [0.05, 0.1) is 19.8 Å². The van der Waals surface area contributed by atoms with Crippen LogP contribution in [0.3, 0.4) is 0 Å². The summed E-state index contributed by atoms with van der Waals surface area (Å²) < 4.78 is 43.9. The van der Waals surface area contributed by atoms with Crippen LogP contribution in [0.2, 0.25) is 0 Å². The topological polar surface area (TPSA) is 54.0 Å². The molecular formula is C17H16F2O5. The number of benzene rings is 2. The number of hydrogen-bond donors (Lipinski definition) is 0. The van der Waals surface area contributed by atoms with Gasteiger partial charge in [-0.1, -0.05) is 12.1 Å². The highest BCUT2D eigenvalue weighted by molar-refractivity contribution is 5.90. The van der Waals surface area contributed by atoms with Gasteiger partial charge in [-0.15, -0.1) is 0 Å². The van der Waals surface area contributed by atoms with Crippen molar-refractivity contribution in [3.05, 3.63) is 53.6 Å². The highest BCUT2D eigenvalue weighted by Gasteiger charge is 2.11. The summed E-state index contributed by atoms with van der Waals surface area (Å²) in [6.45, 7) is -2.66. The molecule has 0 unspecified atom stereocenters. The first kappa shape index (κ1) is 17.5. The van der Waals surface area contributed by atoms with Crippen LogP contribution in [0.15, 0.2) is 42.5 Å². The monoisotopic (exact) mass is 338 g/mol. The Balaban J connectivity index is 2.04. The quantitative estimate of drug-likeness (QED) is 0.721. The maximum Gasteiger partial charge on any atom is 0.387 e. The molecule has 0 radical (unpaired) electrons. The molecule has 128 valence electrons. The van der Waals surface area contributed by atoms with Crippen LogP contribution in [0.1, 0.15) is 15.9 Å². The molecule has 0 fully saturated rings. The minimum absolute atomic E-state index is 0.0776. The molecule has 0 aliphatic rings. The Morgan fingerprint density at radius 1 is 1.04 bits per heavy atom. The summed E-state index contributed by atoms with van der Waals surface area (Å²) in [6.07, 6.45) is 0. The Hall–Kier alpha value is -2.83. The average Bonchev–Trinajstić information content (AvgIpc) is 2.59. The molecule has 0 aliphatic carbocycles. The third-order valence-electron chi connectivity index (χ3n) is 3.13. The van der Waals surface area contributed by atoms with Crippen LogP contribution in [-0.4, -0.2) is 26.8 Å². The number of halogens is 2. The number of hydrogen-bond acceptors (Lipinski definition) is 5. The van der Waals surface area contributed by atoms with E-state index >= 15 is 0 Å². The van der Waals surface area contributed by atoms with Crippen LogP contribution in [0.25, 0.3) is 0 Å². The van der Waals surface area contributed by atoms with Crippen molar-refractivity contribution >= 4 is 5.97 Å². The van der Waals surface area contributed by atoms with E-state index in [2.05, 4.69) is 9.47 Å². The molecule has 0 saturated carbocycles. The van der Waals surface area contributed by atoms with Gasteiger partial charge in [0.2, 0.25) is 0 Å². The summed E-state index contributed by atoms with van der Waals surface area (Å²) in [5, 5.41) is 0. The number of esters is 1. The zero-order valence-electron chi connectivity index (χ0n) is 13.1. The second kappa shape index (κ2) is 8.14. The van der Waals surface area contributed by atoms with Crippen molar-refractivity contribution in [1.29, 1.82) is 0 Å². The molecule has 5 nitrogen and oxygen atoms in total. The SMILES string of the molecule is COC(=O)c1ccc(OCc2ccc(OC(F)F)cc2)c(OC)c1. The second-order valence-electron chi connectivity index (χ2n) is 4.67. The van der Waals surface area contributed by atoms with Crippen molar-refractivity contribution in [1.82, 2.24) is 0 Å². The number of alkyl halides is 2. The molecule has 24 heavy (non-hydrogen) atoms. The lowest BCUT2D eigenvalue weighted by atomic mass is 10.2. The molecular weight excluding hydrogens is 322 g/mol. The van der Waals surface area contributed by atoms with Crippen molar-refractivity contribution in [3.63, 3.8) is 0 Å². The molecule has 0 heterocycles. The highest BCUT2D eigenvalue weighted by atomic mass is 19.3. The van der Waals surface area contributed by atoms with Crippen LogP contribution in [0.5, 0.6) is 17.2 Å². The summed E-state index contributed by atoms with van der Waals surface area (Å²) in [5.74, 6) is 0.428. The van der Waals surface area contributed by atoms with Crippen molar-refractivity contribution in [2.24, 2.45) is 0 Å². The number of ether oxygens (including phenoxy) is 4. The maximum absolute atomic E-state index is 12.1. The van der Waals surface area contributed by atoms with Gasteiger partial charge in [-0.05, 0) is 35.9 Å². The molecule has 0 spiro atoms. The van der Waals surface area contributed by atoms with E-state index in [0.717, 1.165) is 5.56 Å². The van der Waals surface area contributed by atoms with Gasteiger partial charge in [-0.25, -0.2) is 4.79 Å². The van der Waals surface area contributed by atoms with Crippen molar-refractivity contribution < 1.29 is 32.5 Å². The number of carbonyl (C=O) groups is 1. The van der Waals surface area contributed by atoms with Crippen LogP contribution in [0.4, 0.5) is 8.78 Å². The predicted octanol–water partition coefficient (Wildman–Crippen LogP) is 3.66. The van der Waals surface area contributed by atoms with Gasteiger partial charge in [-0.3, -0.25) is 0 Å². The summed E-state index contributed by atoms with van der Waals surface area (Å²) in [5.41, 5.74) is 1.10. The fourth-order valence-electron chi connectivity index (χ4n) is 1.96. The van der Waals surface area contributed by atoms with Crippen LogP contribution < -0.4 is 14.2 Å². The smallest absolute Gasteiger partial charge is 0.387 e. The number of methoxy groups -OCH3 is 2. The molecule has 0 aliphatic heterocycles. The molecule has 2 aromatic carbocycles. The van der Waals surface area contributed by atoms with Gasteiger partial charge >= 0.3 is 12.6 Å². The highest BCUT2D eigenvalue weighted by Crippen LogP contribution is 2.29. The third kappa shape index (κ3) is 4.58. The Morgan fingerprint density at radius 3 is 2.33 bits per heavy atom. The standard InChI is InChI=1S/C17H16F2O5/c1-21-15-9-12(16(20)22-2)5-8-14(15)23-10-11-3-6-13(7-4-11)24-17(18)19/h3-9,17H,10H2,1-2H3. The summed E-state index contributed by atoms with van der Waals surface area (Å²) >= 11 is 0. The molecule has 0 saturated heterocycles. The van der Waals surface area contributed by atoms with Crippen molar-refractivity contribution in [3.8, 4) is 17.2 Å². The van der Waals surface area contributed by atoms with E-state index in [1.807, 2.05) is 0 Å². The van der Waals surface area contributed by atoms with Crippen molar-refractivity contribution in [2.45, 2.75) is 13.2 Å². The maximum atomic E-state index is 12.1. The summed E-state index contributed by atoms with van der Waals surface area (Å²) in [6, 6.07) is 10.8. The zero-order chi connectivity index (χ0) is 17.5. The predicted molar refractivity (Wildman–Crippen MR) is 81.7 cm³/mol. The molecule has 0 atom stereocenters. The van der Waals surface area contributed by atoms with Gasteiger partial charge in [0.15, 0.2) is 11.5 Å². The van der Waals surface area contributed by atoms with Crippen molar-refractivity contribution in [2.75, 3.05) is 14.2 Å². The lowest BCUT2D eigenvalue weighted by Gasteiger charge is -2.12. The fourth-order valence-corrected chi connectivity index (χ4v) is 1.96. The van der Waals surface area contributed by atoms with E-state index in [1.165, 1.54) is 32.4 Å². The van der Waals surface area contributed by atoms with E-state index in [4.69, 9.17) is 9.47 Å². The molecule has 2 aromatic rings. The molecule has 7 heteroatoms. The first-order chi connectivity index (χ1) is 11.5. The normalized spacial score (nSPS) is 10.4. The Morgan fingerprint density at radius 2 is 1.75 bits per heavy atom. The van der Waals surface area contributed by atoms with Gasteiger partial charge in [-0.2, -0.15) is 8.78 Å². The Bertz CT molecular complexity index is 686. The van der Waals surface area contributed by atoms with Gasteiger partial charge < -0.3 is 18.9 Å². The second-order valence-corrected chi connectivity index (χ2v) is 4.67.